The van der Waals surface area contributed by atoms with Gasteiger partial charge in [0, 0.05) is 6.20 Å². The zero-order valence-corrected chi connectivity index (χ0v) is 14.6. The fourth-order valence-electron chi connectivity index (χ4n) is 3.22. The highest BCUT2D eigenvalue weighted by molar-refractivity contribution is 5.85. The molecule has 0 saturated carbocycles. The first-order valence-corrected chi connectivity index (χ1v) is 9.22. The van der Waals surface area contributed by atoms with Gasteiger partial charge in [0.05, 0.1) is 12.2 Å². The first-order valence-electron chi connectivity index (χ1n) is 9.22. The Labute approximate surface area is 144 Å². The van der Waals surface area contributed by atoms with Crippen LogP contribution in [0.4, 0.5) is 0 Å². The molecule has 0 aliphatic carbocycles. The second kappa shape index (κ2) is 8.62. The van der Waals surface area contributed by atoms with E-state index in [1.54, 1.807) is 0 Å². The molecule has 3 nitrogen and oxygen atoms in total. The molecule has 0 saturated heterocycles. The van der Waals surface area contributed by atoms with Gasteiger partial charge in [0.1, 0.15) is 0 Å². The van der Waals surface area contributed by atoms with Crippen LogP contribution in [0.3, 0.4) is 0 Å². The molecule has 0 atom stereocenters. The Morgan fingerprint density at radius 3 is 2.58 bits per heavy atom. The van der Waals surface area contributed by atoms with E-state index in [1.807, 2.05) is 4.68 Å². The Bertz CT molecular complexity index is 755. The molecule has 0 aliphatic heterocycles. The van der Waals surface area contributed by atoms with E-state index in [9.17, 15) is 0 Å². The van der Waals surface area contributed by atoms with E-state index >= 15 is 0 Å². The second-order valence-corrected chi connectivity index (χ2v) is 6.56. The monoisotopic (exact) mass is 321 g/mol. The maximum absolute atomic E-state index is 4.34. The van der Waals surface area contributed by atoms with Gasteiger partial charge in [-0.15, -0.1) is 5.10 Å². The Balaban J connectivity index is 1.56. The molecule has 0 fully saturated rings. The van der Waals surface area contributed by atoms with Crippen LogP contribution in [-0.2, 0) is 13.0 Å². The van der Waals surface area contributed by atoms with Crippen LogP contribution < -0.4 is 0 Å². The zero-order valence-electron chi connectivity index (χ0n) is 14.6. The third-order valence-electron chi connectivity index (χ3n) is 4.58. The number of nitrogens with zero attached hydrogens (tertiary/aromatic N) is 3. The van der Waals surface area contributed by atoms with Crippen molar-refractivity contribution in [3.8, 4) is 0 Å². The maximum atomic E-state index is 4.34. The lowest BCUT2D eigenvalue weighted by Crippen LogP contribution is -2.01. The van der Waals surface area contributed by atoms with E-state index in [4.69, 9.17) is 0 Å². The third kappa shape index (κ3) is 4.44. The summed E-state index contributed by atoms with van der Waals surface area (Å²) in [5.74, 6) is 0. The lowest BCUT2D eigenvalue weighted by molar-refractivity contribution is 0.604. The Morgan fingerprint density at radius 2 is 1.67 bits per heavy atom. The molecule has 0 radical (unpaired) electrons. The van der Waals surface area contributed by atoms with Crippen LogP contribution in [-0.4, -0.2) is 15.0 Å². The molecule has 3 heteroatoms. The summed E-state index contributed by atoms with van der Waals surface area (Å²) in [6, 6.07) is 15.0. The fraction of sp³-hybridized carbons (Fsp3) is 0.429. The standard InChI is InChI=1S/C21H27N3/c1-2-3-4-5-6-7-14-20-17-24(23-22-20)16-19-13-10-12-18-11-8-9-15-21(18)19/h8-13,15,17H,2-7,14,16H2,1H3. The van der Waals surface area contributed by atoms with Crippen LogP contribution in [0.2, 0.25) is 0 Å². The van der Waals surface area contributed by atoms with Crippen molar-refractivity contribution in [3.05, 3.63) is 59.9 Å². The molecule has 0 N–H and O–H groups in total. The third-order valence-corrected chi connectivity index (χ3v) is 4.58. The highest BCUT2D eigenvalue weighted by Crippen LogP contribution is 2.19. The molecule has 24 heavy (non-hydrogen) atoms. The summed E-state index contributed by atoms with van der Waals surface area (Å²) in [6.45, 7) is 3.04. The quantitative estimate of drug-likeness (QED) is 0.495. The van der Waals surface area contributed by atoms with Gasteiger partial charge >= 0.3 is 0 Å². The molecule has 0 spiro atoms. The number of aromatic nitrogens is 3. The second-order valence-electron chi connectivity index (χ2n) is 6.56. The van der Waals surface area contributed by atoms with Crippen LogP contribution in [0.1, 0.15) is 56.7 Å². The zero-order chi connectivity index (χ0) is 16.6. The van der Waals surface area contributed by atoms with Crippen molar-refractivity contribution in [1.29, 1.82) is 0 Å². The largest absolute Gasteiger partial charge is 0.248 e. The van der Waals surface area contributed by atoms with Gasteiger partial charge in [-0.25, -0.2) is 4.68 Å². The number of hydrogen-bond acceptors (Lipinski definition) is 2. The van der Waals surface area contributed by atoms with Crippen LogP contribution in [0.25, 0.3) is 10.8 Å². The molecule has 1 aromatic heterocycles. The fourth-order valence-corrected chi connectivity index (χ4v) is 3.22. The number of benzene rings is 2. The van der Waals surface area contributed by atoms with Crippen molar-refractivity contribution in [2.24, 2.45) is 0 Å². The van der Waals surface area contributed by atoms with Crippen molar-refractivity contribution in [2.75, 3.05) is 0 Å². The molecule has 0 amide bonds. The van der Waals surface area contributed by atoms with Gasteiger partial charge in [-0.2, -0.15) is 0 Å². The van der Waals surface area contributed by atoms with Crippen LogP contribution in [0, 0.1) is 0 Å². The topological polar surface area (TPSA) is 30.7 Å². The Kier molecular flexibility index (Phi) is 6.00. The van der Waals surface area contributed by atoms with Gasteiger partial charge < -0.3 is 0 Å². The summed E-state index contributed by atoms with van der Waals surface area (Å²) in [7, 11) is 0. The van der Waals surface area contributed by atoms with Crippen molar-refractivity contribution < 1.29 is 0 Å². The van der Waals surface area contributed by atoms with Crippen LogP contribution in [0.5, 0.6) is 0 Å². The molecular weight excluding hydrogens is 294 g/mol. The Morgan fingerprint density at radius 1 is 0.875 bits per heavy atom. The number of hydrogen-bond donors (Lipinski definition) is 0. The molecular formula is C21H27N3. The molecule has 0 bridgehead atoms. The predicted octanol–water partition coefficient (Wildman–Crippen LogP) is 5.38. The lowest BCUT2D eigenvalue weighted by Gasteiger charge is -2.06. The van der Waals surface area contributed by atoms with Gasteiger partial charge in [-0.05, 0) is 29.2 Å². The first-order chi connectivity index (χ1) is 11.9. The minimum atomic E-state index is 0.783. The van der Waals surface area contributed by atoms with E-state index in [1.165, 1.54) is 54.9 Å². The summed E-state index contributed by atoms with van der Waals surface area (Å²) in [5, 5.41) is 11.2. The van der Waals surface area contributed by atoms with Gasteiger partial charge in [0.15, 0.2) is 0 Å². The Hall–Kier alpha value is -2.16. The van der Waals surface area contributed by atoms with Gasteiger partial charge in [-0.3, -0.25) is 0 Å². The van der Waals surface area contributed by atoms with Crippen molar-refractivity contribution in [1.82, 2.24) is 15.0 Å². The van der Waals surface area contributed by atoms with E-state index in [2.05, 4.69) is 65.9 Å². The lowest BCUT2D eigenvalue weighted by atomic mass is 10.0. The van der Waals surface area contributed by atoms with Gasteiger partial charge in [0.2, 0.25) is 0 Å². The van der Waals surface area contributed by atoms with E-state index in [-0.39, 0.29) is 0 Å². The number of aryl methyl sites for hydroxylation is 1. The van der Waals surface area contributed by atoms with Gasteiger partial charge in [-0.1, -0.05) is 86.7 Å². The van der Waals surface area contributed by atoms with Crippen molar-refractivity contribution in [3.63, 3.8) is 0 Å². The molecule has 3 rings (SSSR count). The van der Waals surface area contributed by atoms with Crippen LogP contribution >= 0.6 is 0 Å². The smallest absolute Gasteiger partial charge is 0.0827 e. The van der Waals surface area contributed by atoms with Crippen LogP contribution in [0.15, 0.2) is 48.7 Å². The molecule has 126 valence electrons. The van der Waals surface area contributed by atoms with E-state index in [0.29, 0.717) is 0 Å². The molecule has 1 heterocycles. The van der Waals surface area contributed by atoms with Crippen molar-refractivity contribution in [2.45, 2.75) is 58.4 Å². The van der Waals surface area contributed by atoms with Gasteiger partial charge in [0.25, 0.3) is 0 Å². The molecule has 0 aliphatic rings. The minimum Gasteiger partial charge on any atom is -0.248 e. The predicted molar refractivity (Wildman–Crippen MR) is 100 cm³/mol. The van der Waals surface area contributed by atoms with E-state index < -0.39 is 0 Å². The summed E-state index contributed by atoms with van der Waals surface area (Å²) < 4.78 is 1.97. The molecule has 0 unspecified atom stereocenters. The summed E-state index contributed by atoms with van der Waals surface area (Å²) in [4.78, 5) is 0. The minimum absolute atomic E-state index is 0.783. The first kappa shape index (κ1) is 16.7. The maximum Gasteiger partial charge on any atom is 0.0827 e. The number of rotatable bonds is 9. The summed E-state index contributed by atoms with van der Waals surface area (Å²) >= 11 is 0. The molecule has 2 aromatic carbocycles. The molecule has 3 aromatic rings. The average molecular weight is 321 g/mol. The number of fused-ring (bicyclic) bond motifs is 1. The van der Waals surface area contributed by atoms with E-state index in [0.717, 1.165) is 18.7 Å². The van der Waals surface area contributed by atoms with Crippen molar-refractivity contribution >= 4 is 10.8 Å². The highest BCUT2D eigenvalue weighted by atomic mass is 15.4. The average Bonchev–Trinajstić information content (AvgIpc) is 3.06. The number of unbranched alkanes of at least 4 members (excludes halogenated alkanes) is 5. The highest BCUT2D eigenvalue weighted by Gasteiger charge is 2.04. The summed E-state index contributed by atoms with van der Waals surface area (Å²) in [5.41, 5.74) is 2.41. The SMILES string of the molecule is CCCCCCCCc1cn(Cc2cccc3ccccc23)nn1. The normalized spacial score (nSPS) is 11.2. The summed E-state index contributed by atoms with van der Waals surface area (Å²) in [6.07, 6.45) is 11.0.